The molecule has 0 aliphatic rings. The van der Waals surface area contributed by atoms with Crippen LogP contribution < -0.4 is 20.1 Å². The predicted molar refractivity (Wildman–Crippen MR) is 123 cm³/mol. The largest absolute Gasteiger partial charge is 0.493 e. The minimum absolute atomic E-state index is 0.200. The zero-order valence-electron chi connectivity index (χ0n) is 16.8. The summed E-state index contributed by atoms with van der Waals surface area (Å²) in [6.45, 7) is 0. The Morgan fingerprint density at radius 1 is 1.00 bits per heavy atom. The first-order chi connectivity index (χ1) is 15.4. The predicted octanol–water partition coefficient (Wildman–Crippen LogP) is 4.30. The van der Waals surface area contributed by atoms with Crippen LogP contribution in [0.2, 0.25) is 0 Å². The third-order valence-electron chi connectivity index (χ3n) is 3.99. The molecule has 1 heterocycles. The number of carbonyl (C=O) groups is 3. The van der Waals surface area contributed by atoms with E-state index in [1.165, 1.54) is 7.11 Å². The van der Waals surface area contributed by atoms with E-state index in [1.807, 2.05) is 6.07 Å². The van der Waals surface area contributed by atoms with Gasteiger partial charge in [-0.2, -0.15) is 0 Å². The van der Waals surface area contributed by atoms with Gasteiger partial charge in [0.2, 0.25) is 11.8 Å². The number of anilines is 2. The second-order valence-electron chi connectivity index (χ2n) is 6.33. The first-order valence-electron chi connectivity index (χ1n) is 9.22. The van der Waals surface area contributed by atoms with E-state index >= 15 is 0 Å². The number of nitrogens with zero attached hydrogens (tertiary/aromatic N) is 1. The van der Waals surface area contributed by atoms with E-state index in [9.17, 15) is 14.4 Å². The Bertz CT molecular complexity index is 1150. The molecule has 0 atom stereocenters. The van der Waals surface area contributed by atoms with Gasteiger partial charge in [-0.1, -0.05) is 35.6 Å². The van der Waals surface area contributed by atoms with Gasteiger partial charge < -0.3 is 25.2 Å². The first-order valence-corrected chi connectivity index (χ1v) is 10.8. The first kappa shape index (κ1) is 23.2. The number of benzene rings is 2. The van der Waals surface area contributed by atoms with E-state index in [4.69, 9.17) is 14.6 Å². The van der Waals surface area contributed by atoms with Crippen molar-refractivity contribution in [3.63, 3.8) is 0 Å². The molecule has 0 unspecified atom stereocenters. The molecule has 166 valence electrons. The van der Waals surface area contributed by atoms with Gasteiger partial charge in [0, 0.05) is 0 Å². The Labute approximate surface area is 195 Å². The molecule has 11 heteroatoms. The molecule has 32 heavy (non-hydrogen) atoms. The van der Waals surface area contributed by atoms with Gasteiger partial charge in [0.05, 0.1) is 28.7 Å². The maximum Gasteiger partial charge on any atom is 0.309 e. The van der Waals surface area contributed by atoms with Crippen molar-refractivity contribution in [1.29, 1.82) is 0 Å². The third kappa shape index (κ3) is 6.28. The number of ether oxygens (including phenoxy) is 2. The molecule has 0 bridgehead atoms. The number of rotatable bonds is 9. The van der Waals surface area contributed by atoms with Crippen molar-refractivity contribution in [2.75, 3.05) is 17.7 Å². The second-order valence-corrected chi connectivity index (χ2v) is 8.65. The minimum Gasteiger partial charge on any atom is -0.493 e. The average Bonchev–Trinajstić information content (AvgIpc) is 3.07. The Balaban J connectivity index is 1.63. The highest BCUT2D eigenvalue weighted by molar-refractivity contribution is 9.11. The Morgan fingerprint density at radius 3 is 2.31 bits per heavy atom. The number of methoxy groups -OCH3 is 1. The fraction of sp³-hybridized carbons (Fsp3) is 0.143. The number of carboxylic acids is 1. The van der Waals surface area contributed by atoms with E-state index in [0.29, 0.717) is 32.4 Å². The van der Waals surface area contributed by atoms with Crippen molar-refractivity contribution in [2.45, 2.75) is 12.8 Å². The summed E-state index contributed by atoms with van der Waals surface area (Å²) < 4.78 is 11.7. The minimum atomic E-state index is -1.04. The lowest BCUT2D eigenvalue weighted by Crippen LogP contribution is -2.21. The highest BCUT2D eigenvalue weighted by Crippen LogP contribution is 2.35. The Morgan fingerprint density at radius 2 is 1.62 bits per heavy atom. The fourth-order valence-corrected chi connectivity index (χ4v) is 4.04. The number of nitrogens with one attached hydrogen (secondary N) is 2. The Hall–Kier alpha value is -3.44. The molecule has 0 saturated carbocycles. The van der Waals surface area contributed by atoms with E-state index < -0.39 is 24.2 Å². The van der Waals surface area contributed by atoms with Crippen molar-refractivity contribution >= 4 is 55.9 Å². The summed E-state index contributed by atoms with van der Waals surface area (Å²) in [5.41, 5.74) is 0.682. The van der Waals surface area contributed by atoms with Gasteiger partial charge in [-0.25, -0.2) is 4.98 Å². The van der Waals surface area contributed by atoms with Crippen LogP contribution in [0.25, 0.3) is 0 Å². The normalized spacial score (nSPS) is 10.3. The smallest absolute Gasteiger partial charge is 0.309 e. The molecular formula is C21H18BrN3O6S. The molecule has 3 N–H and O–H groups in total. The van der Waals surface area contributed by atoms with Crippen LogP contribution in [0.5, 0.6) is 17.2 Å². The van der Waals surface area contributed by atoms with Crippen LogP contribution in [0.3, 0.4) is 0 Å². The van der Waals surface area contributed by atoms with E-state index in [0.717, 1.165) is 11.3 Å². The monoisotopic (exact) mass is 519 g/mol. The molecule has 0 aliphatic carbocycles. The standard InChI is InChI=1S/C21H18BrN3O6S/c1-30-15-8-4-5-9-16(15)31-14-7-3-2-6-12(14)23-17(26)11-18(27)25-21-24-13(10-19(28)29)20(22)32-21/h2-9H,10-11H2,1H3,(H,23,26)(H,28,29)(H,24,25,27). The van der Waals surface area contributed by atoms with Crippen LogP contribution in [-0.2, 0) is 20.8 Å². The summed E-state index contributed by atoms with van der Waals surface area (Å²) in [5.74, 6) is -0.797. The second kappa shape index (κ2) is 10.7. The number of hydrogen-bond acceptors (Lipinski definition) is 7. The maximum atomic E-state index is 12.4. The summed E-state index contributed by atoms with van der Waals surface area (Å²) in [4.78, 5) is 39.5. The van der Waals surface area contributed by atoms with Crippen molar-refractivity contribution in [1.82, 2.24) is 4.98 Å². The summed E-state index contributed by atoms with van der Waals surface area (Å²) >= 11 is 4.28. The van der Waals surface area contributed by atoms with Crippen molar-refractivity contribution < 1.29 is 29.0 Å². The van der Waals surface area contributed by atoms with Crippen LogP contribution in [0.1, 0.15) is 12.1 Å². The maximum absolute atomic E-state index is 12.4. The summed E-state index contributed by atoms with van der Waals surface area (Å²) in [5, 5.41) is 14.2. The molecule has 9 nitrogen and oxygen atoms in total. The van der Waals surface area contributed by atoms with Gasteiger partial charge in [-0.3, -0.25) is 14.4 Å². The molecule has 2 aromatic carbocycles. The van der Waals surface area contributed by atoms with Crippen molar-refractivity contribution in [3.8, 4) is 17.2 Å². The SMILES string of the molecule is COc1ccccc1Oc1ccccc1NC(=O)CC(=O)Nc1nc(CC(=O)O)c(Br)s1. The van der Waals surface area contributed by atoms with Crippen LogP contribution in [0.15, 0.2) is 52.3 Å². The number of halogens is 1. The summed E-state index contributed by atoms with van der Waals surface area (Å²) in [6, 6.07) is 13.9. The van der Waals surface area contributed by atoms with E-state index in [-0.39, 0.29) is 11.6 Å². The highest BCUT2D eigenvalue weighted by atomic mass is 79.9. The number of thiazole rings is 1. The Kier molecular flexibility index (Phi) is 7.79. The molecule has 1 aromatic heterocycles. The molecule has 0 spiro atoms. The van der Waals surface area contributed by atoms with Crippen molar-refractivity contribution in [3.05, 3.63) is 58.0 Å². The van der Waals surface area contributed by atoms with Crippen LogP contribution in [-0.4, -0.2) is 35.0 Å². The van der Waals surface area contributed by atoms with Gasteiger partial charge >= 0.3 is 5.97 Å². The summed E-state index contributed by atoms with van der Waals surface area (Å²) in [7, 11) is 1.53. The molecule has 0 fully saturated rings. The van der Waals surface area contributed by atoms with E-state index in [2.05, 4.69) is 31.5 Å². The van der Waals surface area contributed by atoms with Crippen LogP contribution in [0.4, 0.5) is 10.8 Å². The number of hydrogen-bond donors (Lipinski definition) is 3. The number of amides is 2. The molecule has 3 aromatic rings. The summed E-state index contributed by atoms with van der Waals surface area (Å²) in [6.07, 6.45) is -0.745. The van der Waals surface area contributed by atoms with Gasteiger partial charge in [0.1, 0.15) is 6.42 Å². The van der Waals surface area contributed by atoms with Gasteiger partial charge in [-0.05, 0) is 40.2 Å². The fourth-order valence-electron chi connectivity index (χ4n) is 2.62. The molecule has 3 rings (SSSR count). The van der Waals surface area contributed by atoms with Gasteiger partial charge in [0.25, 0.3) is 0 Å². The molecule has 0 saturated heterocycles. The van der Waals surface area contributed by atoms with Gasteiger partial charge in [0.15, 0.2) is 22.4 Å². The van der Waals surface area contributed by atoms with Crippen molar-refractivity contribution in [2.24, 2.45) is 0 Å². The van der Waals surface area contributed by atoms with Crippen LogP contribution >= 0.6 is 27.3 Å². The zero-order chi connectivity index (χ0) is 23.1. The molecule has 2 amide bonds. The topological polar surface area (TPSA) is 127 Å². The average molecular weight is 520 g/mol. The quantitative estimate of drug-likeness (QED) is 0.359. The van der Waals surface area contributed by atoms with Gasteiger partial charge in [-0.15, -0.1) is 0 Å². The lowest BCUT2D eigenvalue weighted by Gasteiger charge is -2.14. The highest BCUT2D eigenvalue weighted by Gasteiger charge is 2.17. The number of aliphatic carboxylic acids is 1. The number of carboxylic acid groups (broad SMARTS) is 1. The molecule has 0 radical (unpaired) electrons. The number of carbonyl (C=O) groups excluding carboxylic acids is 2. The van der Waals surface area contributed by atoms with E-state index in [1.54, 1.807) is 42.5 Å². The lowest BCUT2D eigenvalue weighted by molar-refractivity contribution is -0.136. The third-order valence-corrected chi connectivity index (χ3v) is 5.73. The number of para-hydroxylation sites is 4. The van der Waals surface area contributed by atoms with Crippen LogP contribution in [0, 0.1) is 0 Å². The molecule has 0 aliphatic heterocycles. The zero-order valence-corrected chi connectivity index (χ0v) is 19.2. The lowest BCUT2D eigenvalue weighted by atomic mass is 10.2. The number of aromatic nitrogens is 1. The molecular weight excluding hydrogens is 502 g/mol.